The normalized spacial score (nSPS) is 18.1. The van der Waals surface area contributed by atoms with Crippen LogP contribution in [0.2, 0.25) is 5.02 Å². The van der Waals surface area contributed by atoms with Gasteiger partial charge in [-0.2, -0.15) is 0 Å². The molecule has 0 bridgehead atoms. The molecule has 1 atom stereocenters. The maximum atomic E-state index is 12.0. The van der Waals surface area contributed by atoms with E-state index in [1.54, 1.807) is 12.0 Å². The van der Waals surface area contributed by atoms with Gasteiger partial charge in [-0.15, -0.1) is 0 Å². The Hall–Kier alpha value is -1.79. The molecule has 0 spiro atoms. The zero-order valence-corrected chi connectivity index (χ0v) is 11.7. The first-order valence-corrected chi connectivity index (χ1v) is 6.50. The van der Waals surface area contributed by atoms with Crippen molar-refractivity contribution in [2.75, 3.05) is 25.5 Å². The van der Waals surface area contributed by atoms with Crippen molar-refractivity contribution in [2.45, 2.75) is 12.5 Å². The molecule has 0 radical (unpaired) electrons. The lowest BCUT2D eigenvalue weighted by molar-refractivity contribution is 0.0697. The predicted octanol–water partition coefficient (Wildman–Crippen LogP) is 2.29. The summed E-state index contributed by atoms with van der Waals surface area (Å²) in [5, 5.41) is 11.7. The molecule has 1 saturated heterocycles. The summed E-state index contributed by atoms with van der Waals surface area (Å²) in [6.07, 6.45) is 0.862. The van der Waals surface area contributed by atoms with Crippen LogP contribution in [0.3, 0.4) is 0 Å². The first-order valence-electron chi connectivity index (χ1n) is 6.13. The van der Waals surface area contributed by atoms with Crippen LogP contribution in [0, 0.1) is 0 Å². The number of carboxylic acids is 1. The highest BCUT2D eigenvalue weighted by atomic mass is 35.5. The highest BCUT2D eigenvalue weighted by Gasteiger charge is 2.26. The number of carboxylic acid groups (broad SMARTS) is 1. The number of hydrogen-bond donors (Lipinski definition) is 2. The second-order valence-electron chi connectivity index (χ2n) is 4.52. The van der Waals surface area contributed by atoms with Crippen LogP contribution in [0.1, 0.15) is 16.8 Å². The van der Waals surface area contributed by atoms with Crippen LogP contribution in [0.4, 0.5) is 10.5 Å². The van der Waals surface area contributed by atoms with Crippen molar-refractivity contribution >= 4 is 29.3 Å². The second kappa shape index (κ2) is 6.11. The molecule has 1 heterocycles. The van der Waals surface area contributed by atoms with E-state index < -0.39 is 5.97 Å². The van der Waals surface area contributed by atoms with E-state index in [-0.39, 0.29) is 22.7 Å². The van der Waals surface area contributed by atoms with E-state index >= 15 is 0 Å². The number of aromatic carboxylic acids is 1. The van der Waals surface area contributed by atoms with Crippen LogP contribution in [-0.2, 0) is 4.74 Å². The summed E-state index contributed by atoms with van der Waals surface area (Å²) in [6.45, 7) is 1.16. The molecule has 1 fully saturated rings. The molecule has 0 saturated carbocycles. The maximum absolute atomic E-state index is 12.0. The number of benzene rings is 1. The summed E-state index contributed by atoms with van der Waals surface area (Å²) in [5.74, 6) is -1.06. The number of halogens is 1. The van der Waals surface area contributed by atoms with Gasteiger partial charge in [0.05, 0.1) is 22.4 Å². The quantitative estimate of drug-likeness (QED) is 0.897. The van der Waals surface area contributed by atoms with Crippen molar-refractivity contribution in [1.29, 1.82) is 0 Å². The van der Waals surface area contributed by atoms with Crippen LogP contribution in [0.15, 0.2) is 18.2 Å². The predicted molar refractivity (Wildman–Crippen MR) is 74.4 cm³/mol. The Bertz CT molecular complexity index is 535. The molecule has 6 nitrogen and oxygen atoms in total. The van der Waals surface area contributed by atoms with E-state index in [1.165, 1.54) is 18.2 Å². The highest BCUT2D eigenvalue weighted by molar-refractivity contribution is 6.34. The summed E-state index contributed by atoms with van der Waals surface area (Å²) in [7, 11) is 1.62. The first-order chi connectivity index (χ1) is 9.51. The maximum Gasteiger partial charge on any atom is 0.335 e. The number of carbonyl (C=O) groups is 2. The summed E-state index contributed by atoms with van der Waals surface area (Å²) < 4.78 is 5.19. The number of hydrogen-bond acceptors (Lipinski definition) is 3. The van der Waals surface area contributed by atoms with Gasteiger partial charge in [0.25, 0.3) is 0 Å². The van der Waals surface area contributed by atoms with E-state index in [2.05, 4.69) is 5.32 Å². The number of nitrogens with one attached hydrogen (secondary N) is 1. The Kier molecular flexibility index (Phi) is 4.46. The average molecular weight is 299 g/mol. The molecular formula is C13H15ClN2O4. The topological polar surface area (TPSA) is 78.9 Å². The lowest BCUT2D eigenvalue weighted by atomic mass is 10.2. The molecule has 20 heavy (non-hydrogen) atoms. The fourth-order valence-corrected chi connectivity index (χ4v) is 2.28. The summed E-state index contributed by atoms with van der Waals surface area (Å²) in [5.41, 5.74) is 0.469. The van der Waals surface area contributed by atoms with E-state index in [1.807, 2.05) is 0 Å². The average Bonchev–Trinajstić information content (AvgIpc) is 2.89. The van der Waals surface area contributed by atoms with Gasteiger partial charge in [-0.1, -0.05) is 11.6 Å². The molecule has 108 valence electrons. The Labute approximate surface area is 121 Å². The number of ether oxygens (including phenoxy) is 1. The van der Waals surface area contributed by atoms with Gasteiger partial charge in [-0.05, 0) is 24.6 Å². The van der Waals surface area contributed by atoms with Crippen molar-refractivity contribution in [3.8, 4) is 0 Å². The molecule has 1 aliphatic heterocycles. The smallest absolute Gasteiger partial charge is 0.335 e. The fourth-order valence-electron chi connectivity index (χ4n) is 2.05. The van der Waals surface area contributed by atoms with E-state index in [0.717, 1.165) is 6.42 Å². The summed E-state index contributed by atoms with van der Waals surface area (Å²) in [6, 6.07) is 3.91. The standard InChI is InChI=1S/C13H15ClN2O4/c1-20-9-4-5-16(7-9)13(19)15-11-3-2-8(12(17)18)6-10(11)14/h2-3,6,9H,4-5,7H2,1H3,(H,15,19)(H,17,18). The van der Waals surface area contributed by atoms with Crippen molar-refractivity contribution in [1.82, 2.24) is 4.90 Å². The zero-order chi connectivity index (χ0) is 14.7. The van der Waals surface area contributed by atoms with Crippen LogP contribution >= 0.6 is 11.6 Å². The largest absolute Gasteiger partial charge is 0.478 e. The van der Waals surface area contributed by atoms with Crippen molar-refractivity contribution in [3.05, 3.63) is 28.8 Å². The number of amides is 2. The third-order valence-electron chi connectivity index (χ3n) is 3.22. The van der Waals surface area contributed by atoms with Crippen LogP contribution in [0.25, 0.3) is 0 Å². The van der Waals surface area contributed by atoms with Crippen LogP contribution in [-0.4, -0.2) is 48.3 Å². The van der Waals surface area contributed by atoms with E-state index in [9.17, 15) is 9.59 Å². The number of rotatable bonds is 3. The minimum Gasteiger partial charge on any atom is -0.478 e. The van der Waals surface area contributed by atoms with Gasteiger partial charge < -0.3 is 20.1 Å². The van der Waals surface area contributed by atoms with Crippen LogP contribution in [0.5, 0.6) is 0 Å². The van der Waals surface area contributed by atoms with Gasteiger partial charge in [-0.25, -0.2) is 9.59 Å². The number of methoxy groups -OCH3 is 1. The van der Waals surface area contributed by atoms with E-state index in [0.29, 0.717) is 18.8 Å². The molecule has 1 aromatic rings. The minimum absolute atomic E-state index is 0.0607. The van der Waals surface area contributed by atoms with E-state index in [4.69, 9.17) is 21.4 Å². The van der Waals surface area contributed by atoms with Crippen molar-refractivity contribution in [3.63, 3.8) is 0 Å². The van der Waals surface area contributed by atoms with Gasteiger partial charge in [0.1, 0.15) is 0 Å². The van der Waals surface area contributed by atoms with Crippen molar-refractivity contribution < 1.29 is 19.4 Å². The summed E-state index contributed by atoms with van der Waals surface area (Å²) >= 11 is 5.96. The van der Waals surface area contributed by atoms with Gasteiger partial charge in [0.2, 0.25) is 0 Å². The monoisotopic (exact) mass is 298 g/mol. The number of likely N-dealkylation sites (tertiary alicyclic amines) is 1. The fraction of sp³-hybridized carbons (Fsp3) is 0.385. The Balaban J connectivity index is 2.03. The SMILES string of the molecule is COC1CCN(C(=O)Nc2ccc(C(=O)O)cc2Cl)C1. The first kappa shape index (κ1) is 14.6. The minimum atomic E-state index is -1.06. The van der Waals surface area contributed by atoms with Crippen molar-refractivity contribution in [2.24, 2.45) is 0 Å². The van der Waals surface area contributed by atoms with Crippen LogP contribution < -0.4 is 5.32 Å². The third kappa shape index (κ3) is 3.20. The highest BCUT2D eigenvalue weighted by Crippen LogP contribution is 2.24. The zero-order valence-electron chi connectivity index (χ0n) is 10.9. The molecule has 7 heteroatoms. The molecule has 1 aromatic carbocycles. The molecule has 2 amide bonds. The number of nitrogens with zero attached hydrogens (tertiary/aromatic N) is 1. The van der Waals surface area contributed by atoms with Gasteiger partial charge in [0, 0.05) is 20.2 Å². The molecule has 0 aromatic heterocycles. The number of urea groups is 1. The lowest BCUT2D eigenvalue weighted by Crippen LogP contribution is -2.33. The molecule has 1 aliphatic rings. The summed E-state index contributed by atoms with van der Waals surface area (Å²) in [4.78, 5) is 24.5. The van der Waals surface area contributed by atoms with Gasteiger partial charge in [0.15, 0.2) is 0 Å². The lowest BCUT2D eigenvalue weighted by Gasteiger charge is -2.17. The number of carbonyl (C=O) groups excluding carboxylic acids is 1. The molecule has 2 rings (SSSR count). The second-order valence-corrected chi connectivity index (χ2v) is 4.93. The molecular weight excluding hydrogens is 284 g/mol. The molecule has 0 aliphatic carbocycles. The molecule has 1 unspecified atom stereocenters. The Morgan fingerprint density at radius 3 is 2.80 bits per heavy atom. The molecule has 2 N–H and O–H groups in total. The van der Waals surface area contributed by atoms with Gasteiger partial charge in [-0.3, -0.25) is 0 Å². The third-order valence-corrected chi connectivity index (χ3v) is 3.54. The Morgan fingerprint density at radius 2 is 2.25 bits per heavy atom. The van der Waals surface area contributed by atoms with Gasteiger partial charge >= 0.3 is 12.0 Å². The Morgan fingerprint density at radius 1 is 1.50 bits per heavy atom. The number of anilines is 1.